The number of hydrogen-bond donors (Lipinski definition) is 2. The van der Waals surface area contributed by atoms with Crippen LogP contribution in [0.5, 0.6) is 0 Å². The molecular formula is C16H24FNO2. The summed E-state index contributed by atoms with van der Waals surface area (Å²) in [5.41, 5.74) is 5.02. The second kappa shape index (κ2) is 8.00. The van der Waals surface area contributed by atoms with Crippen molar-refractivity contribution in [1.29, 1.82) is 0 Å². The molecule has 112 valence electrons. The molecule has 0 aliphatic carbocycles. The first-order valence-corrected chi connectivity index (χ1v) is 7.26. The van der Waals surface area contributed by atoms with Gasteiger partial charge in [0.25, 0.3) is 0 Å². The highest BCUT2D eigenvalue weighted by atomic mass is 19.1. The van der Waals surface area contributed by atoms with Gasteiger partial charge in [-0.15, -0.1) is 0 Å². The third-order valence-corrected chi connectivity index (χ3v) is 3.84. The summed E-state index contributed by atoms with van der Waals surface area (Å²) in [4.78, 5) is 11.7. The average Bonchev–Trinajstić information content (AvgIpc) is 2.43. The molecule has 0 saturated heterocycles. The van der Waals surface area contributed by atoms with Gasteiger partial charge in [-0.1, -0.05) is 51.2 Å². The van der Waals surface area contributed by atoms with Gasteiger partial charge in [0.15, 0.2) is 0 Å². The zero-order valence-corrected chi connectivity index (χ0v) is 12.1. The van der Waals surface area contributed by atoms with Crippen LogP contribution in [0.15, 0.2) is 24.3 Å². The van der Waals surface area contributed by atoms with Crippen LogP contribution in [0.3, 0.4) is 0 Å². The molecule has 1 rings (SSSR count). The van der Waals surface area contributed by atoms with E-state index in [0.717, 1.165) is 32.1 Å². The molecule has 4 heteroatoms. The smallest absolute Gasteiger partial charge is 0.315 e. The van der Waals surface area contributed by atoms with E-state index in [9.17, 15) is 14.3 Å². The molecule has 0 bridgehead atoms. The van der Waals surface area contributed by atoms with Gasteiger partial charge in [0.05, 0.1) is 0 Å². The van der Waals surface area contributed by atoms with Crippen LogP contribution < -0.4 is 5.73 Å². The fourth-order valence-electron chi connectivity index (χ4n) is 2.50. The van der Waals surface area contributed by atoms with Crippen molar-refractivity contribution in [3.8, 4) is 0 Å². The molecule has 1 aromatic rings. The summed E-state index contributed by atoms with van der Waals surface area (Å²) in [5, 5.41) is 9.57. The van der Waals surface area contributed by atoms with Gasteiger partial charge in [-0.05, 0) is 24.1 Å². The van der Waals surface area contributed by atoms with Gasteiger partial charge in [-0.3, -0.25) is 4.79 Å². The van der Waals surface area contributed by atoms with Crippen LogP contribution >= 0.6 is 0 Å². The van der Waals surface area contributed by atoms with Crippen LogP contribution in [0.1, 0.15) is 51.0 Å². The van der Waals surface area contributed by atoms with Gasteiger partial charge in [0, 0.05) is 6.54 Å². The van der Waals surface area contributed by atoms with Gasteiger partial charge in [0.2, 0.25) is 0 Å². The van der Waals surface area contributed by atoms with Crippen LogP contribution in [0.25, 0.3) is 0 Å². The van der Waals surface area contributed by atoms with E-state index in [0.29, 0.717) is 12.0 Å². The van der Waals surface area contributed by atoms with E-state index in [2.05, 4.69) is 6.92 Å². The number of benzene rings is 1. The van der Waals surface area contributed by atoms with E-state index in [1.54, 1.807) is 6.07 Å². The summed E-state index contributed by atoms with van der Waals surface area (Å²) >= 11 is 0. The van der Waals surface area contributed by atoms with Gasteiger partial charge in [-0.25, -0.2) is 4.39 Å². The van der Waals surface area contributed by atoms with Crippen LogP contribution in [-0.4, -0.2) is 17.6 Å². The quantitative estimate of drug-likeness (QED) is 0.681. The van der Waals surface area contributed by atoms with Gasteiger partial charge >= 0.3 is 5.97 Å². The Balaban J connectivity index is 2.84. The Labute approximate surface area is 120 Å². The Hall–Kier alpha value is -1.42. The molecule has 0 heterocycles. The number of carboxylic acid groups (broad SMARTS) is 1. The average molecular weight is 281 g/mol. The standard InChI is InChI=1S/C16H24FNO2/c1-2-3-4-5-6-10-16(12-18,15(19)20)13-8-7-9-14(17)11-13/h7-9,11H,2-6,10,12,18H2,1H3,(H,19,20). The molecule has 0 saturated carbocycles. The zero-order valence-electron chi connectivity index (χ0n) is 12.1. The molecule has 1 aromatic carbocycles. The zero-order chi connectivity index (χ0) is 15.0. The van der Waals surface area contributed by atoms with Crippen molar-refractivity contribution in [3.05, 3.63) is 35.6 Å². The second-order valence-electron chi connectivity index (χ2n) is 5.27. The monoisotopic (exact) mass is 281 g/mol. The van der Waals surface area contributed by atoms with E-state index < -0.39 is 17.2 Å². The second-order valence-corrected chi connectivity index (χ2v) is 5.27. The lowest BCUT2D eigenvalue weighted by atomic mass is 9.76. The van der Waals surface area contributed by atoms with Crippen LogP contribution in [0.2, 0.25) is 0 Å². The number of carbonyl (C=O) groups is 1. The molecule has 0 amide bonds. The first-order valence-electron chi connectivity index (χ1n) is 7.26. The predicted molar refractivity (Wildman–Crippen MR) is 78.1 cm³/mol. The van der Waals surface area contributed by atoms with Crippen molar-refractivity contribution in [2.24, 2.45) is 5.73 Å². The van der Waals surface area contributed by atoms with Crippen molar-refractivity contribution in [1.82, 2.24) is 0 Å². The number of carboxylic acids is 1. The third kappa shape index (κ3) is 4.04. The Morgan fingerprint density at radius 1 is 1.30 bits per heavy atom. The molecule has 3 N–H and O–H groups in total. The maximum Gasteiger partial charge on any atom is 0.315 e. The maximum atomic E-state index is 13.4. The first kappa shape index (κ1) is 16.6. The van der Waals surface area contributed by atoms with Gasteiger partial charge < -0.3 is 10.8 Å². The van der Waals surface area contributed by atoms with Crippen molar-refractivity contribution in [2.75, 3.05) is 6.54 Å². The summed E-state index contributed by atoms with van der Waals surface area (Å²) in [6.07, 6.45) is 5.62. The summed E-state index contributed by atoms with van der Waals surface area (Å²) in [6.45, 7) is 2.12. The normalized spacial score (nSPS) is 13.9. The van der Waals surface area contributed by atoms with Crippen molar-refractivity contribution < 1.29 is 14.3 Å². The first-order chi connectivity index (χ1) is 9.56. The summed E-state index contributed by atoms with van der Waals surface area (Å²) in [7, 11) is 0. The summed E-state index contributed by atoms with van der Waals surface area (Å²) in [5.74, 6) is -1.39. The highest BCUT2D eigenvalue weighted by Gasteiger charge is 2.38. The Bertz CT molecular complexity index is 436. The lowest BCUT2D eigenvalue weighted by molar-refractivity contribution is -0.143. The SMILES string of the molecule is CCCCCCCC(CN)(C(=O)O)c1cccc(F)c1. The number of halogens is 1. The number of hydrogen-bond acceptors (Lipinski definition) is 2. The number of aliphatic carboxylic acids is 1. The van der Waals surface area contributed by atoms with Crippen molar-refractivity contribution >= 4 is 5.97 Å². The Morgan fingerprint density at radius 2 is 2.00 bits per heavy atom. The molecule has 0 fully saturated rings. The molecule has 0 aliphatic heterocycles. The Kier molecular flexibility index (Phi) is 6.65. The van der Waals surface area contributed by atoms with E-state index in [1.807, 2.05) is 0 Å². The minimum Gasteiger partial charge on any atom is -0.481 e. The fourth-order valence-corrected chi connectivity index (χ4v) is 2.50. The summed E-state index contributed by atoms with van der Waals surface area (Å²) in [6, 6.07) is 5.78. The predicted octanol–water partition coefficient (Wildman–Crippen LogP) is 3.47. The molecular weight excluding hydrogens is 257 g/mol. The van der Waals surface area contributed by atoms with Crippen LogP contribution in [0.4, 0.5) is 4.39 Å². The van der Waals surface area contributed by atoms with Gasteiger partial charge in [-0.2, -0.15) is 0 Å². The highest BCUT2D eigenvalue weighted by Crippen LogP contribution is 2.30. The van der Waals surface area contributed by atoms with Crippen LogP contribution in [-0.2, 0) is 10.2 Å². The molecule has 0 radical (unpaired) electrons. The molecule has 0 aromatic heterocycles. The lowest BCUT2D eigenvalue weighted by Crippen LogP contribution is -2.43. The minimum atomic E-state index is -1.17. The molecule has 1 unspecified atom stereocenters. The molecule has 3 nitrogen and oxygen atoms in total. The molecule has 0 spiro atoms. The number of nitrogens with two attached hydrogens (primary N) is 1. The highest BCUT2D eigenvalue weighted by molar-refractivity contribution is 5.81. The summed E-state index contributed by atoms with van der Waals surface area (Å²) < 4.78 is 13.4. The lowest BCUT2D eigenvalue weighted by Gasteiger charge is -2.28. The Morgan fingerprint density at radius 3 is 2.55 bits per heavy atom. The van der Waals surface area contributed by atoms with Gasteiger partial charge in [0.1, 0.15) is 11.2 Å². The fraction of sp³-hybridized carbons (Fsp3) is 0.562. The number of rotatable bonds is 9. The maximum absolute atomic E-state index is 13.4. The molecule has 20 heavy (non-hydrogen) atoms. The van der Waals surface area contributed by atoms with E-state index in [-0.39, 0.29) is 6.54 Å². The van der Waals surface area contributed by atoms with Crippen LogP contribution in [0, 0.1) is 5.82 Å². The third-order valence-electron chi connectivity index (χ3n) is 3.84. The van der Waals surface area contributed by atoms with E-state index >= 15 is 0 Å². The number of unbranched alkanes of at least 4 members (excludes halogenated alkanes) is 4. The minimum absolute atomic E-state index is 0.0143. The van der Waals surface area contributed by atoms with E-state index in [4.69, 9.17) is 5.73 Å². The molecule has 0 aliphatic rings. The van der Waals surface area contributed by atoms with E-state index in [1.165, 1.54) is 18.2 Å². The largest absolute Gasteiger partial charge is 0.481 e. The van der Waals surface area contributed by atoms with Crippen molar-refractivity contribution in [2.45, 2.75) is 50.9 Å². The molecule has 1 atom stereocenters. The van der Waals surface area contributed by atoms with Crippen molar-refractivity contribution in [3.63, 3.8) is 0 Å². The topological polar surface area (TPSA) is 63.3 Å².